The van der Waals surface area contributed by atoms with E-state index in [4.69, 9.17) is 4.74 Å². The predicted octanol–water partition coefficient (Wildman–Crippen LogP) is 1.20. The van der Waals surface area contributed by atoms with E-state index in [1.807, 2.05) is 13.8 Å². The van der Waals surface area contributed by atoms with E-state index < -0.39 is 10.0 Å². The standard InChI is InChI=1S/C11H21N3O3S/c1-9(2)17-7-5-4-6-13-18(15,16)11-8-12-10(3)14-11/h8-9,13H,4-7H2,1-3H3,(H,12,14). The summed E-state index contributed by atoms with van der Waals surface area (Å²) in [6.07, 6.45) is 3.12. The Bertz CT molecular complexity index is 454. The highest BCUT2D eigenvalue weighted by molar-refractivity contribution is 7.89. The topological polar surface area (TPSA) is 84.1 Å². The number of sulfonamides is 1. The number of imidazole rings is 1. The molecule has 0 atom stereocenters. The van der Waals surface area contributed by atoms with Crippen LogP contribution in [-0.4, -0.2) is 37.6 Å². The molecule has 0 bridgehead atoms. The van der Waals surface area contributed by atoms with Gasteiger partial charge in [0, 0.05) is 13.2 Å². The first-order valence-corrected chi connectivity index (χ1v) is 7.53. The molecule has 2 N–H and O–H groups in total. The summed E-state index contributed by atoms with van der Waals surface area (Å²) in [5.41, 5.74) is 0. The van der Waals surface area contributed by atoms with Crippen molar-refractivity contribution in [1.29, 1.82) is 0 Å². The highest BCUT2D eigenvalue weighted by Gasteiger charge is 2.15. The molecule has 0 aliphatic carbocycles. The minimum Gasteiger partial charge on any atom is -0.379 e. The molecule has 0 radical (unpaired) electrons. The highest BCUT2D eigenvalue weighted by Crippen LogP contribution is 2.04. The maximum Gasteiger partial charge on any atom is 0.257 e. The first kappa shape index (κ1) is 15.1. The molecule has 1 heterocycles. The molecule has 7 heteroatoms. The zero-order valence-corrected chi connectivity index (χ0v) is 11.9. The number of hydrogen-bond donors (Lipinski definition) is 2. The quantitative estimate of drug-likeness (QED) is 0.698. The van der Waals surface area contributed by atoms with Crippen LogP contribution in [0.4, 0.5) is 0 Å². The monoisotopic (exact) mass is 275 g/mol. The van der Waals surface area contributed by atoms with Crippen LogP contribution in [0.25, 0.3) is 0 Å². The van der Waals surface area contributed by atoms with Crippen LogP contribution in [0.5, 0.6) is 0 Å². The Hall–Kier alpha value is -0.920. The molecule has 6 nitrogen and oxygen atoms in total. The smallest absolute Gasteiger partial charge is 0.257 e. The van der Waals surface area contributed by atoms with Crippen molar-refractivity contribution in [2.45, 2.75) is 44.7 Å². The molecular formula is C11H21N3O3S. The highest BCUT2D eigenvalue weighted by atomic mass is 32.2. The molecule has 18 heavy (non-hydrogen) atoms. The number of ether oxygens (including phenoxy) is 1. The molecule has 1 rings (SSSR count). The summed E-state index contributed by atoms with van der Waals surface area (Å²) in [5.74, 6) is 0.584. The van der Waals surface area contributed by atoms with E-state index in [2.05, 4.69) is 14.7 Å². The Labute approximate surface area is 108 Å². The van der Waals surface area contributed by atoms with E-state index in [1.165, 1.54) is 6.20 Å². The zero-order valence-electron chi connectivity index (χ0n) is 11.1. The summed E-state index contributed by atoms with van der Waals surface area (Å²) in [5, 5.41) is 0.110. The van der Waals surface area contributed by atoms with Crippen molar-refractivity contribution in [3.8, 4) is 0 Å². The van der Waals surface area contributed by atoms with Gasteiger partial charge in [-0.25, -0.2) is 18.1 Å². The van der Waals surface area contributed by atoms with Crippen molar-refractivity contribution in [2.75, 3.05) is 13.2 Å². The van der Waals surface area contributed by atoms with E-state index in [0.717, 1.165) is 12.8 Å². The summed E-state index contributed by atoms with van der Waals surface area (Å²) in [6.45, 7) is 6.72. The fourth-order valence-electron chi connectivity index (χ4n) is 1.37. The lowest BCUT2D eigenvalue weighted by molar-refractivity contribution is 0.0762. The summed E-state index contributed by atoms with van der Waals surface area (Å²) in [6, 6.07) is 0. The fraction of sp³-hybridized carbons (Fsp3) is 0.727. The van der Waals surface area contributed by atoms with E-state index in [1.54, 1.807) is 6.92 Å². The normalized spacial score (nSPS) is 12.2. The van der Waals surface area contributed by atoms with Gasteiger partial charge in [0.1, 0.15) is 5.82 Å². The molecule has 0 saturated heterocycles. The van der Waals surface area contributed by atoms with Gasteiger partial charge in [-0.3, -0.25) is 0 Å². The number of hydrogen-bond acceptors (Lipinski definition) is 4. The fourth-order valence-corrected chi connectivity index (χ4v) is 2.41. The number of nitrogens with one attached hydrogen (secondary N) is 2. The van der Waals surface area contributed by atoms with Gasteiger partial charge in [0.15, 0.2) is 5.03 Å². The van der Waals surface area contributed by atoms with E-state index in [0.29, 0.717) is 19.0 Å². The molecule has 0 unspecified atom stereocenters. The molecule has 0 spiro atoms. The molecule has 0 aliphatic rings. The van der Waals surface area contributed by atoms with E-state index in [-0.39, 0.29) is 11.1 Å². The van der Waals surface area contributed by atoms with Crippen LogP contribution in [0, 0.1) is 6.92 Å². The van der Waals surface area contributed by atoms with Crippen molar-refractivity contribution in [2.24, 2.45) is 0 Å². The maximum absolute atomic E-state index is 11.8. The van der Waals surface area contributed by atoms with Crippen LogP contribution in [0.2, 0.25) is 0 Å². The first-order valence-electron chi connectivity index (χ1n) is 6.04. The van der Waals surface area contributed by atoms with Crippen LogP contribution in [0.1, 0.15) is 32.5 Å². The van der Waals surface area contributed by atoms with Crippen LogP contribution in [0.3, 0.4) is 0 Å². The van der Waals surface area contributed by atoms with Crippen molar-refractivity contribution >= 4 is 10.0 Å². The number of H-pyrrole nitrogens is 1. The summed E-state index contributed by atoms with van der Waals surface area (Å²) in [4.78, 5) is 6.56. The van der Waals surface area contributed by atoms with Crippen molar-refractivity contribution in [3.05, 3.63) is 12.0 Å². The Morgan fingerprint density at radius 3 is 2.72 bits per heavy atom. The summed E-state index contributed by atoms with van der Waals surface area (Å²) < 4.78 is 31.4. The lowest BCUT2D eigenvalue weighted by Crippen LogP contribution is -2.25. The van der Waals surface area contributed by atoms with Gasteiger partial charge in [-0.1, -0.05) is 0 Å². The third-order valence-corrected chi connectivity index (χ3v) is 3.65. The van der Waals surface area contributed by atoms with Crippen LogP contribution in [0.15, 0.2) is 11.2 Å². The van der Waals surface area contributed by atoms with Gasteiger partial charge < -0.3 is 9.72 Å². The van der Waals surface area contributed by atoms with Gasteiger partial charge in [-0.05, 0) is 33.6 Å². The number of aromatic amines is 1. The Morgan fingerprint density at radius 1 is 1.44 bits per heavy atom. The van der Waals surface area contributed by atoms with Crippen LogP contribution < -0.4 is 4.72 Å². The second kappa shape index (κ2) is 6.86. The SMILES string of the molecule is Cc1ncc(S(=O)(=O)NCCCCOC(C)C)[nH]1. The molecule has 104 valence electrons. The van der Waals surface area contributed by atoms with Gasteiger partial charge in [0.05, 0.1) is 12.3 Å². The van der Waals surface area contributed by atoms with Gasteiger partial charge in [-0.15, -0.1) is 0 Å². The van der Waals surface area contributed by atoms with Crippen LogP contribution in [-0.2, 0) is 14.8 Å². The van der Waals surface area contributed by atoms with Gasteiger partial charge >= 0.3 is 0 Å². The minimum absolute atomic E-state index is 0.110. The molecule has 0 aromatic carbocycles. The van der Waals surface area contributed by atoms with E-state index >= 15 is 0 Å². The lowest BCUT2D eigenvalue weighted by Gasteiger charge is -2.07. The summed E-state index contributed by atoms with van der Waals surface area (Å²) >= 11 is 0. The molecule has 1 aromatic heterocycles. The van der Waals surface area contributed by atoms with Crippen LogP contribution >= 0.6 is 0 Å². The maximum atomic E-state index is 11.8. The Balaban J connectivity index is 2.26. The molecular weight excluding hydrogens is 254 g/mol. The predicted molar refractivity (Wildman–Crippen MR) is 68.8 cm³/mol. The molecule has 0 fully saturated rings. The van der Waals surface area contributed by atoms with Crippen molar-refractivity contribution in [1.82, 2.24) is 14.7 Å². The molecule has 0 aliphatic heterocycles. The number of unbranched alkanes of at least 4 members (excludes halogenated alkanes) is 1. The van der Waals surface area contributed by atoms with E-state index in [9.17, 15) is 8.42 Å². The molecule has 0 amide bonds. The molecule has 0 saturated carbocycles. The zero-order chi connectivity index (χ0) is 13.6. The second-order valence-corrected chi connectivity index (χ2v) is 6.09. The third-order valence-electron chi connectivity index (χ3n) is 2.28. The third kappa shape index (κ3) is 5.16. The molecule has 1 aromatic rings. The minimum atomic E-state index is -3.45. The first-order chi connectivity index (χ1) is 8.42. The average Bonchev–Trinajstić information content (AvgIpc) is 2.70. The number of rotatable bonds is 8. The Kier molecular flexibility index (Phi) is 5.77. The average molecular weight is 275 g/mol. The second-order valence-electron chi connectivity index (χ2n) is 4.36. The summed E-state index contributed by atoms with van der Waals surface area (Å²) in [7, 11) is -3.45. The Morgan fingerprint density at radius 2 is 2.17 bits per heavy atom. The van der Waals surface area contributed by atoms with Gasteiger partial charge in [0.2, 0.25) is 0 Å². The number of nitrogens with zero attached hydrogens (tertiary/aromatic N) is 1. The van der Waals surface area contributed by atoms with Crippen molar-refractivity contribution < 1.29 is 13.2 Å². The van der Waals surface area contributed by atoms with Crippen molar-refractivity contribution in [3.63, 3.8) is 0 Å². The van der Waals surface area contributed by atoms with Gasteiger partial charge in [0.25, 0.3) is 10.0 Å². The van der Waals surface area contributed by atoms with Gasteiger partial charge in [-0.2, -0.15) is 0 Å². The largest absolute Gasteiger partial charge is 0.379 e. The number of aromatic nitrogens is 2. The number of aryl methyl sites for hydroxylation is 1. The lowest BCUT2D eigenvalue weighted by atomic mass is 10.3.